The largest absolute Gasteiger partial charge is 0.313 e. The molecule has 0 fully saturated rings. The van der Waals surface area contributed by atoms with Gasteiger partial charge in [-0.25, -0.2) is 4.68 Å². The van der Waals surface area contributed by atoms with Crippen LogP contribution in [0.2, 0.25) is 0 Å². The maximum Gasteiger partial charge on any atom is 0.165 e. The summed E-state index contributed by atoms with van der Waals surface area (Å²) in [6, 6.07) is 0.406. The van der Waals surface area contributed by atoms with Crippen LogP contribution in [0.1, 0.15) is 25.2 Å². The Balaban J connectivity index is 2.74. The lowest BCUT2D eigenvalue weighted by molar-refractivity contribution is 0.450. The van der Waals surface area contributed by atoms with E-state index in [2.05, 4.69) is 34.0 Å². The molecule has 1 N–H and O–H groups in total. The molecule has 5 nitrogen and oxygen atoms in total. The van der Waals surface area contributed by atoms with Crippen LogP contribution < -0.4 is 5.32 Å². The molecule has 14 heavy (non-hydrogen) atoms. The van der Waals surface area contributed by atoms with Gasteiger partial charge in [0.1, 0.15) is 0 Å². The average molecular weight is 215 g/mol. The molecule has 1 rings (SSSR count). The van der Waals surface area contributed by atoms with E-state index < -0.39 is 0 Å². The topological polar surface area (TPSA) is 55.6 Å². The van der Waals surface area contributed by atoms with E-state index >= 15 is 0 Å². The molecule has 6 heteroatoms. The number of thioether (sulfide) groups is 1. The van der Waals surface area contributed by atoms with Crippen LogP contribution in [0.5, 0.6) is 0 Å². The summed E-state index contributed by atoms with van der Waals surface area (Å²) in [4.78, 5) is 0. The molecule has 1 aromatic heterocycles. The molecule has 0 aliphatic rings. The average Bonchev–Trinajstić information content (AvgIpc) is 2.63. The second-order valence-electron chi connectivity index (χ2n) is 3.09. The summed E-state index contributed by atoms with van der Waals surface area (Å²) in [6.07, 6.45) is 3.16. The van der Waals surface area contributed by atoms with Gasteiger partial charge in [0, 0.05) is 5.75 Å². The van der Waals surface area contributed by atoms with Crippen molar-refractivity contribution in [2.24, 2.45) is 0 Å². The van der Waals surface area contributed by atoms with Crippen LogP contribution in [-0.4, -0.2) is 39.3 Å². The first kappa shape index (κ1) is 11.5. The Kier molecular flexibility index (Phi) is 4.89. The van der Waals surface area contributed by atoms with Crippen molar-refractivity contribution in [1.82, 2.24) is 25.5 Å². The van der Waals surface area contributed by atoms with Crippen molar-refractivity contribution in [3.8, 4) is 0 Å². The van der Waals surface area contributed by atoms with E-state index in [9.17, 15) is 0 Å². The van der Waals surface area contributed by atoms with Gasteiger partial charge in [0.15, 0.2) is 5.82 Å². The van der Waals surface area contributed by atoms with Crippen LogP contribution in [-0.2, 0) is 6.54 Å². The Bertz CT molecular complexity index is 262. The molecule has 0 spiro atoms. The van der Waals surface area contributed by atoms with Gasteiger partial charge in [0.25, 0.3) is 0 Å². The van der Waals surface area contributed by atoms with Gasteiger partial charge in [-0.2, -0.15) is 11.8 Å². The molecular weight excluding hydrogens is 198 g/mol. The summed E-state index contributed by atoms with van der Waals surface area (Å²) in [7, 11) is 1.90. The summed E-state index contributed by atoms with van der Waals surface area (Å²) in [5.74, 6) is 1.96. The minimum absolute atomic E-state index is 0.406. The Hall–Kier alpha value is -0.620. The van der Waals surface area contributed by atoms with Gasteiger partial charge in [-0.3, -0.25) is 0 Å². The quantitative estimate of drug-likeness (QED) is 0.757. The number of hydrogen-bond acceptors (Lipinski definition) is 5. The summed E-state index contributed by atoms with van der Waals surface area (Å²) >= 11 is 1.82. The zero-order valence-corrected chi connectivity index (χ0v) is 9.71. The zero-order valence-electron chi connectivity index (χ0n) is 8.90. The first-order valence-electron chi connectivity index (χ1n) is 4.73. The van der Waals surface area contributed by atoms with E-state index in [1.165, 1.54) is 0 Å². The molecule has 0 amide bonds. The molecule has 0 saturated carbocycles. The predicted molar refractivity (Wildman–Crippen MR) is 58.3 cm³/mol. The standard InChI is InChI=1S/C8H17N5S/c1-4-7(6-14-3)13-8(5-9-2)10-11-12-13/h7,9H,4-6H2,1-3H3. The van der Waals surface area contributed by atoms with Gasteiger partial charge in [0.05, 0.1) is 12.6 Å². The van der Waals surface area contributed by atoms with Gasteiger partial charge in [-0.15, -0.1) is 5.10 Å². The fraction of sp³-hybridized carbons (Fsp3) is 0.875. The Morgan fingerprint density at radius 1 is 1.57 bits per heavy atom. The van der Waals surface area contributed by atoms with E-state index in [4.69, 9.17) is 0 Å². The molecule has 1 aromatic rings. The summed E-state index contributed by atoms with van der Waals surface area (Å²) in [6.45, 7) is 2.88. The molecule has 0 aliphatic carbocycles. The number of nitrogens with one attached hydrogen (secondary N) is 1. The first-order chi connectivity index (χ1) is 6.83. The predicted octanol–water partition coefficient (Wildman–Crippen LogP) is 0.707. The summed E-state index contributed by atoms with van der Waals surface area (Å²) in [5.41, 5.74) is 0. The highest BCUT2D eigenvalue weighted by Gasteiger charge is 2.14. The highest BCUT2D eigenvalue weighted by atomic mass is 32.2. The second-order valence-corrected chi connectivity index (χ2v) is 4.00. The van der Waals surface area contributed by atoms with E-state index in [1.807, 2.05) is 23.5 Å². The van der Waals surface area contributed by atoms with Crippen molar-refractivity contribution < 1.29 is 0 Å². The third kappa shape index (κ3) is 2.68. The van der Waals surface area contributed by atoms with Crippen molar-refractivity contribution in [2.45, 2.75) is 25.9 Å². The van der Waals surface area contributed by atoms with Crippen LogP contribution in [0.3, 0.4) is 0 Å². The van der Waals surface area contributed by atoms with Gasteiger partial charge in [0.2, 0.25) is 0 Å². The summed E-state index contributed by atoms with van der Waals surface area (Å²) in [5, 5.41) is 14.8. The van der Waals surface area contributed by atoms with Crippen molar-refractivity contribution in [3.05, 3.63) is 5.82 Å². The molecule has 1 unspecified atom stereocenters. The molecule has 0 aliphatic heterocycles. The number of nitrogens with zero attached hydrogens (tertiary/aromatic N) is 4. The van der Waals surface area contributed by atoms with Crippen molar-refractivity contribution >= 4 is 11.8 Å². The van der Waals surface area contributed by atoms with Gasteiger partial charge in [-0.05, 0) is 30.2 Å². The fourth-order valence-corrected chi connectivity index (χ4v) is 2.09. The van der Waals surface area contributed by atoms with Crippen LogP contribution >= 0.6 is 11.8 Å². The Labute approximate surface area is 88.6 Å². The third-order valence-corrected chi connectivity index (χ3v) is 2.79. The molecule has 0 saturated heterocycles. The molecular formula is C8H17N5S. The number of rotatable bonds is 6. The monoisotopic (exact) mass is 215 g/mol. The smallest absolute Gasteiger partial charge is 0.165 e. The van der Waals surface area contributed by atoms with Crippen molar-refractivity contribution in [1.29, 1.82) is 0 Å². The molecule has 1 atom stereocenters. The van der Waals surface area contributed by atoms with Crippen LogP contribution in [0, 0.1) is 0 Å². The number of hydrogen-bond donors (Lipinski definition) is 1. The Morgan fingerprint density at radius 2 is 2.36 bits per heavy atom. The molecule has 0 aromatic carbocycles. The highest BCUT2D eigenvalue weighted by molar-refractivity contribution is 7.98. The number of aromatic nitrogens is 4. The van der Waals surface area contributed by atoms with Crippen molar-refractivity contribution in [3.63, 3.8) is 0 Å². The minimum Gasteiger partial charge on any atom is -0.313 e. The lowest BCUT2D eigenvalue weighted by Gasteiger charge is -2.14. The fourth-order valence-electron chi connectivity index (χ4n) is 1.32. The molecule has 0 bridgehead atoms. The van der Waals surface area contributed by atoms with Gasteiger partial charge >= 0.3 is 0 Å². The summed E-state index contributed by atoms with van der Waals surface area (Å²) < 4.78 is 1.92. The number of tetrazole rings is 1. The van der Waals surface area contributed by atoms with E-state index in [0.717, 1.165) is 24.5 Å². The van der Waals surface area contributed by atoms with Crippen LogP contribution in [0.15, 0.2) is 0 Å². The molecule has 1 heterocycles. The maximum atomic E-state index is 4.03. The van der Waals surface area contributed by atoms with Gasteiger partial charge in [-0.1, -0.05) is 6.92 Å². The van der Waals surface area contributed by atoms with E-state index in [1.54, 1.807) is 0 Å². The maximum absolute atomic E-state index is 4.03. The van der Waals surface area contributed by atoms with E-state index in [0.29, 0.717) is 6.04 Å². The van der Waals surface area contributed by atoms with Gasteiger partial charge < -0.3 is 5.32 Å². The first-order valence-corrected chi connectivity index (χ1v) is 6.13. The van der Waals surface area contributed by atoms with E-state index in [-0.39, 0.29) is 0 Å². The van der Waals surface area contributed by atoms with Crippen molar-refractivity contribution in [2.75, 3.05) is 19.1 Å². The lowest BCUT2D eigenvalue weighted by Crippen LogP contribution is -2.19. The SMILES string of the molecule is CCC(CSC)n1nnnc1CNC. The normalized spacial score (nSPS) is 13.1. The van der Waals surface area contributed by atoms with Crippen LogP contribution in [0.4, 0.5) is 0 Å². The second kappa shape index (κ2) is 5.98. The van der Waals surface area contributed by atoms with Crippen LogP contribution in [0.25, 0.3) is 0 Å². The highest BCUT2D eigenvalue weighted by Crippen LogP contribution is 2.15. The molecule has 80 valence electrons. The Morgan fingerprint density at radius 3 is 2.93 bits per heavy atom. The molecule has 0 radical (unpaired) electrons. The minimum atomic E-state index is 0.406. The lowest BCUT2D eigenvalue weighted by atomic mass is 10.2. The third-order valence-electron chi connectivity index (χ3n) is 2.07. The zero-order chi connectivity index (χ0) is 10.4.